The summed E-state index contributed by atoms with van der Waals surface area (Å²) in [5.41, 5.74) is 1.47. The van der Waals surface area contributed by atoms with Gasteiger partial charge in [-0.3, -0.25) is 0 Å². The second-order valence-corrected chi connectivity index (χ2v) is 3.13. The van der Waals surface area contributed by atoms with Crippen LogP contribution in [0.5, 0.6) is 5.75 Å². The topological polar surface area (TPSA) is 61.8 Å². The molecule has 0 saturated heterocycles. The average molecular weight is 185 g/mol. The van der Waals surface area contributed by atoms with Crippen molar-refractivity contribution in [3.8, 4) is 5.75 Å². The molecule has 1 aromatic heterocycles. The molecule has 0 atom stereocenters. The van der Waals surface area contributed by atoms with E-state index in [0.29, 0.717) is 5.52 Å². The summed E-state index contributed by atoms with van der Waals surface area (Å²) >= 11 is 0. The molecule has 0 aliphatic rings. The number of rotatable bonds is 0. The number of aromatic nitrogens is 3. The van der Waals surface area contributed by atoms with Crippen LogP contribution in [-0.4, -0.2) is 20.5 Å². The van der Waals surface area contributed by atoms with Crippen LogP contribution in [0.4, 0.5) is 0 Å². The molecule has 0 fully saturated rings. The first kappa shape index (κ1) is 7.32. The third kappa shape index (κ3) is 0.821. The van der Waals surface area contributed by atoms with E-state index in [1.165, 1.54) is 0 Å². The zero-order valence-electron chi connectivity index (χ0n) is 7.23. The van der Waals surface area contributed by atoms with Crippen molar-refractivity contribution in [3.63, 3.8) is 0 Å². The molecule has 0 aliphatic heterocycles. The average Bonchev–Trinajstić information content (AvgIpc) is 2.66. The van der Waals surface area contributed by atoms with E-state index in [-0.39, 0.29) is 5.75 Å². The molecular formula is C10H7N3O. The van der Waals surface area contributed by atoms with Crippen LogP contribution in [0.25, 0.3) is 21.8 Å². The van der Waals surface area contributed by atoms with Gasteiger partial charge in [0.05, 0.1) is 0 Å². The van der Waals surface area contributed by atoms with E-state index in [1.807, 2.05) is 24.3 Å². The Balaban J connectivity index is 2.67. The molecule has 1 heterocycles. The quantitative estimate of drug-likeness (QED) is 0.561. The molecule has 0 aliphatic carbocycles. The minimum atomic E-state index is 0.238. The molecule has 0 bridgehead atoms. The number of aromatic amines is 1. The summed E-state index contributed by atoms with van der Waals surface area (Å²) in [7, 11) is 0. The first-order valence-corrected chi connectivity index (χ1v) is 4.27. The number of phenolic OH excluding ortho intramolecular Hbond substituents is 1. The van der Waals surface area contributed by atoms with Crippen molar-refractivity contribution in [2.75, 3.05) is 0 Å². The molecule has 68 valence electrons. The monoisotopic (exact) mass is 185 g/mol. The van der Waals surface area contributed by atoms with Crippen molar-refractivity contribution in [1.82, 2.24) is 15.4 Å². The molecule has 2 N–H and O–H groups in total. The predicted octanol–water partition coefficient (Wildman–Crippen LogP) is 1.82. The Morgan fingerprint density at radius 1 is 1.07 bits per heavy atom. The summed E-state index contributed by atoms with van der Waals surface area (Å²) in [5, 5.41) is 21.9. The third-order valence-electron chi connectivity index (χ3n) is 2.31. The van der Waals surface area contributed by atoms with Gasteiger partial charge < -0.3 is 5.11 Å². The van der Waals surface area contributed by atoms with Gasteiger partial charge in [-0.1, -0.05) is 24.3 Å². The second kappa shape index (κ2) is 2.45. The zero-order valence-corrected chi connectivity index (χ0v) is 7.23. The first-order chi connectivity index (χ1) is 6.86. The highest BCUT2D eigenvalue weighted by molar-refractivity contribution is 6.06. The normalized spacial score (nSPS) is 11.1. The predicted molar refractivity (Wildman–Crippen MR) is 53.1 cm³/mol. The largest absolute Gasteiger partial charge is 0.507 e. The lowest BCUT2D eigenvalue weighted by molar-refractivity contribution is 0.482. The van der Waals surface area contributed by atoms with Gasteiger partial charge >= 0.3 is 0 Å². The highest BCUT2D eigenvalue weighted by Gasteiger charge is 2.07. The van der Waals surface area contributed by atoms with Crippen LogP contribution in [-0.2, 0) is 0 Å². The maximum Gasteiger partial charge on any atom is 0.125 e. The number of nitrogens with one attached hydrogen (secondary N) is 1. The molecule has 0 saturated carbocycles. The van der Waals surface area contributed by atoms with Gasteiger partial charge in [0, 0.05) is 16.8 Å². The highest BCUT2D eigenvalue weighted by Crippen LogP contribution is 2.29. The Hall–Kier alpha value is -2.10. The minimum absolute atomic E-state index is 0.238. The van der Waals surface area contributed by atoms with Crippen LogP contribution < -0.4 is 0 Å². The van der Waals surface area contributed by atoms with Crippen molar-refractivity contribution >= 4 is 21.8 Å². The summed E-state index contributed by atoms with van der Waals surface area (Å²) in [6, 6.07) is 9.18. The van der Waals surface area contributed by atoms with E-state index in [0.717, 1.165) is 16.3 Å². The molecule has 0 unspecified atom stereocenters. The van der Waals surface area contributed by atoms with Gasteiger partial charge in [-0.05, 0) is 0 Å². The molecular weight excluding hydrogens is 178 g/mol. The molecule has 3 rings (SSSR count). The molecule has 2 aromatic carbocycles. The second-order valence-electron chi connectivity index (χ2n) is 3.13. The summed E-state index contributed by atoms with van der Waals surface area (Å²) in [6.07, 6.45) is 0. The number of H-pyrrole nitrogens is 1. The van der Waals surface area contributed by atoms with Gasteiger partial charge in [0.15, 0.2) is 0 Å². The van der Waals surface area contributed by atoms with Crippen LogP contribution in [0.2, 0.25) is 0 Å². The van der Waals surface area contributed by atoms with Crippen molar-refractivity contribution in [3.05, 3.63) is 30.3 Å². The number of fused-ring (bicyclic) bond motifs is 3. The third-order valence-corrected chi connectivity index (χ3v) is 2.31. The van der Waals surface area contributed by atoms with Gasteiger partial charge in [-0.15, -0.1) is 0 Å². The van der Waals surface area contributed by atoms with E-state index in [1.54, 1.807) is 6.07 Å². The molecule has 0 amide bonds. The van der Waals surface area contributed by atoms with Gasteiger partial charge in [-0.25, -0.2) is 0 Å². The first-order valence-electron chi connectivity index (χ1n) is 4.27. The van der Waals surface area contributed by atoms with Crippen LogP contribution in [0.15, 0.2) is 30.3 Å². The van der Waals surface area contributed by atoms with Crippen LogP contribution in [0, 0.1) is 0 Å². The lowest BCUT2D eigenvalue weighted by Gasteiger charge is -1.99. The minimum Gasteiger partial charge on any atom is -0.507 e. The van der Waals surface area contributed by atoms with Crippen molar-refractivity contribution in [2.45, 2.75) is 0 Å². The zero-order chi connectivity index (χ0) is 9.54. The van der Waals surface area contributed by atoms with E-state index in [4.69, 9.17) is 0 Å². The fourth-order valence-electron chi connectivity index (χ4n) is 1.66. The van der Waals surface area contributed by atoms with Gasteiger partial charge in [0.2, 0.25) is 0 Å². The molecule has 4 nitrogen and oxygen atoms in total. The highest BCUT2D eigenvalue weighted by atomic mass is 16.3. The summed E-state index contributed by atoms with van der Waals surface area (Å²) in [6.45, 7) is 0. The molecule has 14 heavy (non-hydrogen) atoms. The molecule has 4 heteroatoms. The maximum atomic E-state index is 9.71. The van der Waals surface area contributed by atoms with Gasteiger partial charge in [-0.2, -0.15) is 15.4 Å². The lowest BCUT2D eigenvalue weighted by atomic mass is 10.1. The SMILES string of the molecule is Oc1cc2n[nH]nc2c2ccccc12. The van der Waals surface area contributed by atoms with E-state index >= 15 is 0 Å². The molecule has 3 aromatic rings. The number of nitrogens with zero attached hydrogens (tertiary/aromatic N) is 2. The Labute approximate surface area is 79.2 Å². The maximum absolute atomic E-state index is 9.71. The lowest BCUT2D eigenvalue weighted by Crippen LogP contribution is -1.77. The smallest absolute Gasteiger partial charge is 0.125 e. The Morgan fingerprint density at radius 2 is 1.86 bits per heavy atom. The number of benzene rings is 2. The van der Waals surface area contributed by atoms with E-state index in [9.17, 15) is 5.11 Å². The number of aromatic hydroxyl groups is 1. The van der Waals surface area contributed by atoms with Crippen LogP contribution in [0.1, 0.15) is 0 Å². The van der Waals surface area contributed by atoms with Crippen molar-refractivity contribution < 1.29 is 5.11 Å². The van der Waals surface area contributed by atoms with Crippen LogP contribution in [0.3, 0.4) is 0 Å². The number of hydrogen-bond acceptors (Lipinski definition) is 3. The van der Waals surface area contributed by atoms with Crippen LogP contribution >= 0.6 is 0 Å². The number of hydrogen-bond donors (Lipinski definition) is 2. The van der Waals surface area contributed by atoms with E-state index in [2.05, 4.69) is 15.4 Å². The van der Waals surface area contributed by atoms with Crippen molar-refractivity contribution in [2.24, 2.45) is 0 Å². The summed E-state index contributed by atoms with van der Waals surface area (Å²) in [4.78, 5) is 0. The summed E-state index contributed by atoms with van der Waals surface area (Å²) < 4.78 is 0. The number of phenols is 1. The Morgan fingerprint density at radius 3 is 2.71 bits per heavy atom. The van der Waals surface area contributed by atoms with E-state index < -0.39 is 0 Å². The standard InChI is InChI=1S/C10H7N3O/c14-9-5-8-10(12-13-11-8)7-4-2-1-3-6(7)9/h1-5,14H,(H,11,12,13). The fraction of sp³-hybridized carbons (Fsp3) is 0. The van der Waals surface area contributed by atoms with Crippen molar-refractivity contribution in [1.29, 1.82) is 0 Å². The summed E-state index contributed by atoms with van der Waals surface area (Å²) in [5.74, 6) is 0.238. The Kier molecular flexibility index (Phi) is 1.28. The Bertz CT molecular complexity index is 615. The van der Waals surface area contributed by atoms with Gasteiger partial charge in [0.1, 0.15) is 16.8 Å². The van der Waals surface area contributed by atoms with Gasteiger partial charge in [0.25, 0.3) is 0 Å². The molecule has 0 spiro atoms. The molecule has 0 radical (unpaired) electrons. The fourth-order valence-corrected chi connectivity index (χ4v) is 1.66.